The number of benzene rings is 2. The highest BCUT2D eigenvalue weighted by Crippen LogP contribution is 2.28. The highest BCUT2D eigenvalue weighted by molar-refractivity contribution is 6.30. The van der Waals surface area contributed by atoms with Crippen LogP contribution in [0.15, 0.2) is 47.6 Å². The number of nitrogens with one attached hydrogen (secondary N) is 1. The molecule has 0 spiro atoms. The number of amides is 2. The number of urea groups is 1. The Hall–Kier alpha value is -2.61. The molecule has 1 fully saturated rings. The van der Waals surface area contributed by atoms with E-state index in [9.17, 15) is 4.79 Å². The van der Waals surface area contributed by atoms with Gasteiger partial charge >= 0.3 is 6.03 Å². The molecule has 0 aliphatic carbocycles. The Balaban J connectivity index is 1.53. The molecule has 0 radical (unpaired) electrons. The summed E-state index contributed by atoms with van der Waals surface area (Å²) in [7, 11) is 3.80. The van der Waals surface area contributed by atoms with Gasteiger partial charge in [-0.25, -0.2) is 9.80 Å². The quantitative estimate of drug-likeness (QED) is 0.636. The molecule has 4 rings (SSSR count). The molecule has 0 unspecified atom stereocenters. The summed E-state index contributed by atoms with van der Waals surface area (Å²) in [6.07, 6.45) is 1.69. The first-order chi connectivity index (χ1) is 16.4. The largest absolute Gasteiger partial charge is 0.494 e. The normalized spacial score (nSPS) is 19.2. The van der Waals surface area contributed by atoms with Crippen molar-refractivity contribution in [1.29, 1.82) is 0 Å². The Labute approximate surface area is 207 Å². The van der Waals surface area contributed by atoms with Crippen molar-refractivity contribution in [1.82, 2.24) is 20.1 Å². The van der Waals surface area contributed by atoms with E-state index in [4.69, 9.17) is 21.4 Å². The van der Waals surface area contributed by atoms with Crippen LogP contribution in [-0.4, -0.2) is 86.0 Å². The number of rotatable bonds is 6. The standard InChI is InChI=1S/C26H34ClN5O2/c1-19-17-21-7-10-23(34-16-4-11-31-14-12-30(3)13-15-31)18-24(21)25(29-32(19)26(33)28-2)20-5-8-22(27)9-6-20/h5-10,18-19H,4,11-17H2,1-3H3,(H,28,33)/t19-/m0/s1. The van der Waals surface area contributed by atoms with Crippen LogP contribution in [0.5, 0.6) is 5.75 Å². The number of hydrogen-bond acceptors (Lipinski definition) is 5. The van der Waals surface area contributed by atoms with Crippen LogP contribution < -0.4 is 10.1 Å². The minimum atomic E-state index is -0.229. The van der Waals surface area contributed by atoms with Gasteiger partial charge in [0.15, 0.2) is 0 Å². The van der Waals surface area contributed by atoms with Gasteiger partial charge in [-0.05, 0) is 56.6 Å². The molecule has 0 aromatic heterocycles. The van der Waals surface area contributed by atoms with Crippen LogP contribution in [-0.2, 0) is 6.42 Å². The molecule has 1 N–H and O–H groups in total. The molecule has 34 heavy (non-hydrogen) atoms. The maximum atomic E-state index is 12.6. The second-order valence-corrected chi connectivity index (χ2v) is 9.51. The van der Waals surface area contributed by atoms with E-state index >= 15 is 0 Å². The van der Waals surface area contributed by atoms with E-state index in [2.05, 4.69) is 34.3 Å². The molecule has 2 aliphatic heterocycles. The van der Waals surface area contributed by atoms with E-state index < -0.39 is 0 Å². The Morgan fingerprint density at radius 2 is 1.88 bits per heavy atom. The van der Waals surface area contributed by atoms with E-state index in [1.165, 1.54) is 5.01 Å². The number of carbonyl (C=O) groups is 1. The van der Waals surface area contributed by atoms with Gasteiger partial charge in [-0.1, -0.05) is 29.8 Å². The van der Waals surface area contributed by atoms with Crippen molar-refractivity contribution in [2.45, 2.75) is 25.8 Å². The number of ether oxygens (including phenoxy) is 1. The Bertz CT molecular complexity index is 1020. The topological polar surface area (TPSA) is 60.4 Å². The smallest absolute Gasteiger partial charge is 0.337 e. The minimum Gasteiger partial charge on any atom is -0.494 e. The number of hydrazone groups is 1. The Kier molecular flexibility index (Phi) is 8.08. The first kappa shape index (κ1) is 24.5. The second-order valence-electron chi connectivity index (χ2n) is 9.07. The van der Waals surface area contributed by atoms with Crippen molar-refractivity contribution in [3.05, 3.63) is 64.2 Å². The van der Waals surface area contributed by atoms with E-state index in [1.807, 2.05) is 37.3 Å². The lowest BCUT2D eigenvalue weighted by Crippen LogP contribution is -2.44. The lowest BCUT2D eigenvalue weighted by molar-refractivity contribution is 0.145. The number of carbonyl (C=O) groups excluding carboxylic acids is 1. The fourth-order valence-electron chi connectivity index (χ4n) is 4.44. The highest BCUT2D eigenvalue weighted by Gasteiger charge is 2.27. The van der Waals surface area contributed by atoms with Crippen LogP contribution in [0.2, 0.25) is 5.02 Å². The minimum absolute atomic E-state index is 0.0844. The van der Waals surface area contributed by atoms with Crippen LogP contribution in [0.3, 0.4) is 0 Å². The van der Waals surface area contributed by atoms with Gasteiger partial charge in [0.25, 0.3) is 0 Å². The number of nitrogens with zero attached hydrogens (tertiary/aromatic N) is 4. The summed E-state index contributed by atoms with van der Waals surface area (Å²) in [5, 5.41) is 9.69. The molecule has 7 nitrogen and oxygen atoms in total. The summed E-state index contributed by atoms with van der Waals surface area (Å²) < 4.78 is 6.14. The van der Waals surface area contributed by atoms with Gasteiger partial charge in [0.2, 0.25) is 0 Å². The number of fused-ring (bicyclic) bond motifs is 1. The summed E-state index contributed by atoms with van der Waals surface area (Å²) in [6, 6.07) is 13.4. The van der Waals surface area contributed by atoms with Gasteiger partial charge in [0.1, 0.15) is 5.75 Å². The van der Waals surface area contributed by atoms with Crippen molar-refractivity contribution in [3.63, 3.8) is 0 Å². The molecule has 8 heteroatoms. The molecular weight excluding hydrogens is 450 g/mol. The van der Waals surface area contributed by atoms with Gasteiger partial charge in [-0.3, -0.25) is 0 Å². The molecule has 2 heterocycles. The molecule has 1 atom stereocenters. The van der Waals surface area contributed by atoms with Gasteiger partial charge in [-0.2, -0.15) is 5.10 Å². The average molecular weight is 484 g/mol. The Morgan fingerprint density at radius 1 is 1.15 bits per heavy atom. The van der Waals surface area contributed by atoms with Gasteiger partial charge in [0.05, 0.1) is 18.4 Å². The third-order valence-corrected chi connectivity index (χ3v) is 6.75. The lowest BCUT2D eigenvalue weighted by atomic mass is 9.94. The second kappa shape index (κ2) is 11.2. The van der Waals surface area contributed by atoms with E-state index in [1.54, 1.807) is 7.05 Å². The predicted molar refractivity (Wildman–Crippen MR) is 137 cm³/mol. The van der Waals surface area contributed by atoms with Crippen molar-refractivity contribution < 1.29 is 9.53 Å². The first-order valence-corrected chi connectivity index (χ1v) is 12.3. The third kappa shape index (κ3) is 5.90. The molecule has 2 aromatic rings. The zero-order chi connectivity index (χ0) is 24.1. The third-order valence-electron chi connectivity index (χ3n) is 6.50. The summed E-state index contributed by atoms with van der Waals surface area (Å²) in [5.41, 5.74) is 3.76. The van der Waals surface area contributed by atoms with Gasteiger partial charge < -0.3 is 19.9 Å². The zero-order valence-electron chi connectivity index (χ0n) is 20.3. The van der Waals surface area contributed by atoms with Crippen molar-refractivity contribution in [2.75, 3.05) is 53.4 Å². The average Bonchev–Trinajstić information content (AvgIpc) is 2.99. The van der Waals surface area contributed by atoms with E-state index in [-0.39, 0.29) is 12.1 Å². The molecule has 2 amide bonds. The monoisotopic (exact) mass is 483 g/mol. The Morgan fingerprint density at radius 3 is 2.59 bits per heavy atom. The molecule has 0 bridgehead atoms. The van der Waals surface area contributed by atoms with Crippen LogP contribution in [0, 0.1) is 0 Å². The maximum Gasteiger partial charge on any atom is 0.337 e. The highest BCUT2D eigenvalue weighted by atomic mass is 35.5. The summed E-state index contributed by atoms with van der Waals surface area (Å²) in [5.74, 6) is 0.819. The number of hydrogen-bond donors (Lipinski definition) is 1. The lowest BCUT2D eigenvalue weighted by Gasteiger charge is -2.32. The summed E-state index contributed by atoms with van der Waals surface area (Å²) >= 11 is 6.13. The van der Waals surface area contributed by atoms with Crippen LogP contribution in [0.4, 0.5) is 4.79 Å². The number of halogens is 1. The fourth-order valence-corrected chi connectivity index (χ4v) is 4.57. The number of piperazine rings is 1. The zero-order valence-corrected chi connectivity index (χ0v) is 21.0. The van der Waals surface area contributed by atoms with Crippen molar-refractivity contribution >= 4 is 23.3 Å². The SMILES string of the molecule is CNC(=O)N1N=C(c2ccc(Cl)cc2)c2cc(OCCCN3CCN(C)CC3)ccc2C[C@@H]1C. The van der Waals surface area contributed by atoms with E-state index in [0.717, 1.165) is 67.3 Å². The fraction of sp³-hybridized carbons (Fsp3) is 0.462. The number of likely N-dealkylation sites (N-methyl/N-ethyl adjacent to an activating group) is 1. The molecule has 2 aliphatic rings. The molecule has 2 aromatic carbocycles. The molecular formula is C26H34ClN5O2. The predicted octanol–water partition coefficient (Wildman–Crippen LogP) is 3.69. The van der Waals surface area contributed by atoms with Crippen LogP contribution >= 0.6 is 11.6 Å². The van der Waals surface area contributed by atoms with Gasteiger partial charge in [-0.15, -0.1) is 0 Å². The molecule has 1 saturated heterocycles. The van der Waals surface area contributed by atoms with Crippen LogP contribution in [0.25, 0.3) is 0 Å². The summed E-state index contributed by atoms with van der Waals surface area (Å²) in [6.45, 7) is 8.23. The molecule has 0 saturated carbocycles. The van der Waals surface area contributed by atoms with Crippen molar-refractivity contribution in [3.8, 4) is 5.75 Å². The van der Waals surface area contributed by atoms with Gasteiger partial charge in [0, 0.05) is 55.9 Å². The van der Waals surface area contributed by atoms with Crippen LogP contribution in [0.1, 0.15) is 30.0 Å². The first-order valence-electron chi connectivity index (χ1n) is 12.0. The summed E-state index contributed by atoms with van der Waals surface area (Å²) in [4.78, 5) is 17.4. The van der Waals surface area contributed by atoms with E-state index in [0.29, 0.717) is 18.1 Å². The molecule has 182 valence electrons. The van der Waals surface area contributed by atoms with Crippen molar-refractivity contribution in [2.24, 2.45) is 5.10 Å². The maximum absolute atomic E-state index is 12.6.